The molecule has 25 heavy (non-hydrogen) atoms. The van der Waals surface area contributed by atoms with E-state index in [0.717, 1.165) is 17.6 Å². The molecule has 2 rings (SSSR count). The van der Waals surface area contributed by atoms with Gasteiger partial charge in [0.2, 0.25) is 5.13 Å². The second-order valence-corrected chi connectivity index (χ2v) is 5.43. The highest BCUT2D eigenvalue weighted by molar-refractivity contribution is 7.13. The van der Waals surface area contributed by atoms with Crippen molar-refractivity contribution < 1.29 is 23.2 Å². The fourth-order valence-electron chi connectivity index (χ4n) is 1.80. The van der Waals surface area contributed by atoms with E-state index in [1.54, 1.807) is 12.3 Å². The number of carbonyl (C=O) groups is 1. The number of hydrogen-bond acceptors (Lipinski definition) is 8. The summed E-state index contributed by atoms with van der Waals surface area (Å²) in [6.45, 7) is 1.95. The highest BCUT2D eigenvalue weighted by Gasteiger charge is 2.19. The summed E-state index contributed by atoms with van der Waals surface area (Å²) in [4.78, 5) is 25.4. The zero-order chi connectivity index (χ0) is 18.4. The first-order valence-corrected chi connectivity index (χ1v) is 7.81. The van der Waals surface area contributed by atoms with Crippen molar-refractivity contribution in [2.24, 2.45) is 5.10 Å². The largest absolute Gasteiger partial charge is 0.466 e. The average Bonchev–Trinajstić information content (AvgIpc) is 2.96. The highest BCUT2D eigenvalue weighted by atomic mass is 32.1. The van der Waals surface area contributed by atoms with Gasteiger partial charge in [0.15, 0.2) is 0 Å². The Kier molecular flexibility index (Phi) is 6.06. The Morgan fingerprint density at radius 1 is 1.52 bits per heavy atom. The molecule has 0 fully saturated rings. The van der Waals surface area contributed by atoms with Crippen molar-refractivity contribution in [1.82, 2.24) is 4.98 Å². The number of anilines is 1. The van der Waals surface area contributed by atoms with E-state index in [1.807, 2.05) is 0 Å². The number of thiazole rings is 1. The van der Waals surface area contributed by atoms with Gasteiger partial charge >= 0.3 is 5.97 Å². The number of nitrogens with zero attached hydrogens (tertiary/aromatic N) is 3. The fourth-order valence-corrected chi connectivity index (χ4v) is 2.46. The average molecular weight is 370 g/mol. The summed E-state index contributed by atoms with van der Waals surface area (Å²) < 4.78 is 31.5. The minimum Gasteiger partial charge on any atom is -0.466 e. The Hall–Kier alpha value is -2.95. The molecular weight excluding hydrogens is 358 g/mol. The number of nitro groups is 1. The van der Waals surface area contributed by atoms with Crippen LogP contribution in [0.4, 0.5) is 19.6 Å². The molecule has 0 spiro atoms. The quantitative estimate of drug-likeness (QED) is 0.348. The number of aromatic nitrogens is 1. The number of hydrogen-bond donors (Lipinski definition) is 1. The number of rotatable bonds is 7. The monoisotopic (exact) mass is 370 g/mol. The molecule has 1 heterocycles. The molecule has 0 aliphatic rings. The second-order valence-electron chi connectivity index (χ2n) is 4.57. The van der Waals surface area contributed by atoms with Crippen LogP contribution in [0.25, 0.3) is 0 Å². The van der Waals surface area contributed by atoms with Gasteiger partial charge in [-0.05, 0) is 6.92 Å². The Morgan fingerprint density at radius 2 is 2.28 bits per heavy atom. The number of nitro benzene ring substituents is 1. The Labute approximate surface area is 144 Å². The van der Waals surface area contributed by atoms with Crippen LogP contribution in [0.2, 0.25) is 0 Å². The molecule has 0 aliphatic carbocycles. The number of carbonyl (C=O) groups excluding carboxylic acids is 1. The minimum absolute atomic E-state index is 0.00615. The predicted octanol–water partition coefficient (Wildman–Crippen LogP) is 2.88. The van der Waals surface area contributed by atoms with E-state index in [-0.39, 0.29) is 13.0 Å². The van der Waals surface area contributed by atoms with Crippen LogP contribution in [0.1, 0.15) is 18.2 Å². The van der Waals surface area contributed by atoms with Crippen LogP contribution in [0.5, 0.6) is 0 Å². The molecule has 0 atom stereocenters. The van der Waals surface area contributed by atoms with E-state index < -0.39 is 33.8 Å². The molecule has 0 saturated carbocycles. The SMILES string of the molecule is CCOC(=O)Cc1csc(NN=Cc2c(F)cc(F)cc2[N+](=O)[O-])n1. The third-order valence-corrected chi connectivity index (χ3v) is 3.60. The van der Waals surface area contributed by atoms with Gasteiger partial charge in [-0.1, -0.05) is 0 Å². The standard InChI is InChI=1S/C14H12F2N4O4S/c1-2-24-13(21)5-9-7-25-14(18-9)19-17-6-10-11(16)3-8(15)4-12(10)20(22)23/h3-4,6-7H,2,5H2,1H3,(H,18,19). The van der Waals surface area contributed by atoms with Crippen LogP contribution < -0.4 is 5.43 Å². The van der Waals surface area contributed by atoms with Crippen LogP contribution in [0.15, 0.2) is 22.6 Å². The van der Waals surface area contributed by atoms with Gasteiger partial charge in [-0.25, -0.2) is 13.8 Å². The van der Waals surface area contributed by atoms with Crippen molar-refractivity contribution >= 4 is 34.3 Å². The van der Waals surface area contributed by atoms with Crippen molar-refractivity contribution in [2.45, 2.75) is 13.3 Å². The lowest BCUT2D eigenvalue weighted by atomic mass is 10.2. The Bertz CT molecular complexity index is 825. The van der Waals surface area contributed by atoms with Gasteiger partial charge in [0.1, 0.15) is 17.2 Å². The van der Waals surface area contributed by atoms with E-state index >= 15 is 0 Å². The molecule has 2 aromatic rings. The lowest BCUT2D eigenvalue weighted by Gasteiger charge is -2.00. The zero-order valence-corrected chi connectivity index (χ0v) is 13.7. The van der Waals surface area contributed by atoms with Crippen LogP contribution in [0.3, 0.4) is 0 Å². The van der Waals surface area contributed by atoms with Crippen molar-refractivity contribution in [1.29, 1.82) is 0 Å². The normalized spacial score (nSPS) is 10.8. The first-order chi connectivity index (χ1) is 11.9. The van der Waals surface area contributed by atoms with Crippen LogP contribution in [0, 0.1) is 21.7 Å². The molecule has 1 N–H and O–H groups in total. The van der Waals surface area contributed by atoms with E-state index in [9.17, 15) is 23.7 Å². The summed E-state index contributed by atoms with van der Waals surface area (Å²) in [5, 5.41) is 16.4. The Balaban J connectivity index is 2.08. The molecule has 11 heteroatoms. The summed E-state index contributed by atoms with van der Waals surface area (Å²) >= 11 is 1.13. The third kappa shape index (κ3) is 5.01. The fraction of sp³-hybridized carbons (Fsp3) is 0.214. The molecule has 1 aromatic heterocycles. The predicted molar refractivity (Wildman–Crippen MR) is 86.7 cm³/mol. The lowest BCUT2D eigenvalue weighted by molar-refractivity contribution is -0.385. The van der Waals surface area contributed by atoms with E-state index in [2.05, 4.69) is 15.5 Å². The summed E-state index contributed by atoms with van der Waals surface area (Å²) in [6.07, 6.45) is 0.854. The topological polar surface area (TPSA) is 107 Å². The van der Waals surface area contributed by atoms with Crippen molar-refractivity contribution in [3.05, 3.63) is 50.5 Å². The summed E-state index contributed by atoms with van der Waals surface area (Å²) in [7, 11) is 0. The molecule has 0 radical (unpaired) electrons. The molecule has 0 saturated heterocycles. The number of ether oxygens (including phenoxy) is 1. The van der Waals surface area contributed by atoms with Crippen molar-refractivity contribution in [3.8, 4) is 0 Å². The first kappa shape index (κ1) is 18.4. The number of nitrogens with one attached hydrogen (secondary N) is 1. The van der Waals surface area contributed by atoms with Crippen LogP contribution in [-0.2, 0) is 16.0 Å². The van der Waals surface area contributed by atoms with Gasteiger partial charge in [-0.15, -0.1) is 11.3 Å². The van der Waals surface area contributed by atoms with Crippen LogP contribution >= 0.6 is 11.3 Å². The van der Waals surface area contributed by atoms with Crippen molar-refractivity contribution in [2.75, 3.05) is 12.0 Å². The molecule has 8 nitrogen and oxygen atoms in total. The molecule has 0 unspecified atom stereocenters. The zero-order valence-electron chi connectivity index (χ0n) is 12.9. The lowest BCUT2D eigenvalue weighted by Crippen LogP contribution is -2.07. The Morgan fingerprint density at radius 3 is 2.96 bits per heavy atom. The number of esters is 1. The molecule has 132 valence electrons. The number of halogens is 2. The summed E-state index contributed by atoms with van der Waals surface area (Å²) in [5.74, 6) is -2.59. The molecular formula is C14H12F2N4O4S. The van der Waals surface area contributed by atoms with Crippen molar-refractivity contribution in [3.63, 3.8) is 0 Å². The highest BCUT2D eigenvalue weighted by Crippen LogP contribution is 2.22. The maximum absolute atomic E-state index is 13.7. The summed E-state index contributed by atoms with van der Waals surface area (Å²) in [6, 6.07) is 1.13. The van der Waals surface area contributed by atoms with E-state index in [0.29, 0.717) is 23.0 Å². The van der Waals surface area contributed by atoms with Gasteiger partial charge in [-0.3, -0.25) is 20.3 Å². The maximum Gasteiger partial charge on any atom is 0.311 e. The van der Waals surface area contributed by atoms with Gasteiger partial charge < -0.3 is 4.74 Å². The summed E-state index contributed by atoms with van der Waals surface area (Å²) in [5.41, 5.74) is 1.71. The van der Waals surface area contributed by atoms with E-state index in [4.69, 9.17) is 4.74 Å². The van der Waals surface area contributed by atoms with Gasteiger partial charge in [0.05, 0.1) is 35.9 Å². The van der Waals surface area contributed by atoms with Gasteiger partial charge in [0, 0.05) is 11.4 Å². The van der Waals surface area contributed by atoms with Gasteiger partial charge in [-0.2, -0.15) is 5.10 Å². The van der Waals surface area contributed by atoms with E-state index in [1.165, 1.54) is 0 Å². The molecule has 0 bridgehead atoms. The smallest absolute Gasteiger partial charge is 0.311 e. The third-order valence-electron chi connectivity index (χ3n) is 2.81. The molecule has 1 aromatic carbocycles. The van der Waals surface area contributed by atoms with Gasteiger partial charge in [0.25, 0.3) is 5.69 Å². The first-order valence-electron chi connectivity index (χ1n) is 6.93. The number of benzene rings is 1. The molecule has 0 amide bonds. The number of hydrazone groups is 1. The second kappa shape index (κ2) is 8.24. The maximum atomic E-state index is 13.7. The van der Waals surface area contributed by atoms with Crippen LogP contribution in [-0.4, -0.2) is 28.7 Å². The molecule has 0 aliphatic heterocycles. The minimum atomic E-state index is -1.11.